The normalized spacial score (nSPS) is 10.5. The summed E-state index contributed by atoms with van der Waals surface area (Å²) in [4.78, 5) is 20.9. The van der Waals surface area contributed by atoms with Crippen molar-refractivity contribution >= 4 is 39.7 Å². The Hall–Kier alpha value is -2.64. The lowest BCUT2D eigenvalue weighted by molar-refractivity contribution is 0.100. The zero-order valence-corrected chi connectivity index (χ0v) is 15.1. The Bertz CT molecular complexity index is 905. The van der Waals surface area contributed by atoms with Crippen LogP contribution in [0.4, 0.5) is 10.8 Å². The van der Waals surface area contributed by atoms with E-state index in [0.717, 1.165) is 5.56 Å². The first kappa shape index (κ1) is 17.2. The molecule has 0 saturated heterocycles. The molecule has 3 aromatic rings. The minimum absolute atomic E-state index is 0.347. The Morgan fingerprint density at radius 1 is 1.32 bits per heavy atom. The van der Waals surface area contributed by atoms with Gasteiger partial charge in [-0.05, 0) is 24.6 Å². The number of amides is 1. The number of carbonyl (C=O) groups is 1. The van der Waals surface area contributed by atoms with Crippen LogP contribution >= 0.6 is 22.9 Å². The van der Waals surface area contributed by atoms with Crippen molar-refractivity contribution in [2.75, 3.05) is 12.4 Å². The maximum atomic E-state index is 11.9. The maximum absolute atomic E-state index is 11.9. The second kappa shape index (κ2) is 7.08. The van der Waals surface area contributed by atoms with Crippen LogP contribution in [0.3, 0.4) is 0 Å². The van der Waals surface area contributed by atoms with Crippen LogP contribution in [-0.2, 0) is 0 Å². The third-order valence-electron chi connectivity index (χ3n) is 3.51. The van der Waals surface area contributed by atoms with Gasteiger partial charge in [-0.15, -0.1) is 0 Å². The zero-order valence-electron chi connectivity index (χ0n) is 13.5. The number of rotatable bonds is 5. The smallest absolute Gasteiger partial charge is 0.261 e. The number of methoxy groups -OCH3 is 1. The van der Waals surface area contributed by atoms with E-state index in [4.69, 9.17) is 22.1 Å². The Morgan fingerprint density at radius 2 is 2.12 bits per heavy atom. The maximum Gasteiger partial charge on any atom is 0.261 e. The summed E-state index contributed by atoms with van der Waals surface area (Å²) in [5, 5.41) is 4.16. The number of primary amides is 1. The van der Waals surface area contributed by atoms with Crippen LogP contribution in [0.2, 0.25) is 5.02 Å². The van der Waals surface area contributed by atoms with Gasteiger partial charge < -0.3 is 15.8 Å². The largest absolute Gasteiger partial charge is 0.481 e. The molecule has 3 N–H and O–H groups in total. The average Bonchev–Trinajstić information content (AvgIpc) is 2.99. The number of nitrogens with zero attached hydrogens (tertiary/aromatic N) is 2. The summed E-state index contributed by atoms with van der Waals surface area (Å²) in [5.41, 5.74) is 8.34. The van der Waals surface area contributed by atoms with Crippen LogP contribution in [0, 0.1) is 6.92 Å². The molecule has 2 aromatic heterocycles. The van der Waals surface area contributed by atoms with Gasteiger partial charge in [-0.3, -0.25) is 4.79 Å². The highest BCUT2D eigenvalue weighted by Crippen LogP contribution is 2.37. The number of nitrogens with one attached hydrogen (secondary N) is 1. The van der Waals surface area contributed by atoms with Gasteiger partial charge in [0.05, 0.1) is 29.7 Å². The van der Waals surface area contributed by atoms with Gasteiger partial charge >= 0.3 is 0 Å². The molecule has 0 saturated carbocycles. The summed E-state index contributed by atoms with van der Waals surface area (Å²) in [5.74, 6) is -0.0392. The van der Waals surface area contributed by atoms with Crippen LogP contribution in [0.25, 0.3) is 11.3 Å². The first-order chi connectivity index (χ1) is 12.0. The van der Waals surface area contributed by atoms with Crippen LogP contribution in [-0.4, -0.2) is 23.0 Å². The van der Waals surface area contributed by atoms with E-state index in [1.807, 2.05) is 19.1 Å². The predicted molar refractivity (Wildman–Crippen MR) is 99.9 cm³/mol. The molecular formula is C17H15ClN4O2S. The molecule has 0 fully saturated rings. The standard InChI is InChI=1S/C17H15ClN4O2S/c1-9-4-3-5-11(18)13(9)14-15(16(19)23)25-17(22-14)21-10-6-7-12(24-2)20-8-10/h3-8H,1-2H3,(H2,19,23)(H,21,22). The Morgan fingerprint density at radius 3 is 2.72 bits per heavy atom. The summed E-state index contributed by atoms with van der Waals surface area (Å²) in [7, 11) is 1.55. The number of carbonyl (C=O) groups excluding carboxylic acids is 1. The molecule has 2 heterocycles. The number of pyridine rings is 1. The number of halogens is 1. The lowest BCUT2D eigenvalue weighted by Gasteiger charge is -2.06. The summed E-state index contributed by atoms with van der Waals surface area (Å²) >= 11 is 7.48. The molecule has 1 amide bonds. The molecule has 0 atom stereocenters. The molecule has 1 aromatic carbocycles. The van der Waals surface area contributed by atoms with E-state index in [-0.39, 0.29) is 0 Å². The van der Waals surface area contributed by atoms with Gasteiger partial charge in [0.1, 0.15) is 4.88 Å². The topological polar surface area (TPSA) is 90.1 Å². The number of benzene rings is 1. The van der Waals surface area contributed by atoms with Crippen molar-refractivity contribution in [3.05, 3.63) is 52.0 Å². The van der Waals surface area contributed by atoms with Gasteiger partial charge in [0, 0.05) is 11.6 Å². The number of nitrogens with two attached hydrogens (primary N) is 1. The number of hydrogen-bond donors (Lipinski definition) is 2. The summed E-state index contributed by atoms with van der Waals surface area (Å²) in [6, 6.07) is 9.04. The first-order valence-electron chi connectivity index (χ1n) is 7.32. The zero-order chi connectivity index (χ0) is 18.0. The molecule has 3 rings (SSSR count). The van der Waals surface area contributed by atoms with E-state index in [1.165, 1.54) is 11.3 Å². The van der Waals surface area contributed by atoms with Crippen molar-refractivity contribution in [3.63, 3.8) is 0 Å². The SMILES string of the molecule is COc1ccc(Nc2nc(-c3c(C)cccc3Cl)c(C(N)=O)s2)cn1. The molecule has 0 unspecified atom stereocenters. The third kappa shape index (κ3) is 3.57. The Kier molecular flexibility index (Phi) is 4.87. The van der Waals surface area contributed by atoms with E-state index in [9.17, 15) is 4.79 Å². The van der Waals surface area contributed by atoms with E-state index in [0.29, 0.717) is 37.9 Å². The molecule has 0 radical (unpaired) electrons. The highest BCUT2D eigenvalue weighted by atomic mass is 35.5. The number of thiazole rings is 1. The number of aromatic nitrogens is 2. The monoisotopic (exact) mass is 374 g/mol. The van der Waals surface area contributed by atoms with Crippen molar-refractivity contribution in [2.45, 2.75) is 6.92 Å². The van der Waals surface area contributed by atoms with E-state index in [2.05, 4.69) is 15.3 Å². The molecule has 8 heteroatoms. The van der Waals surface area contributed by atoms with Gasteiger partial charge in [0.25, 0.3) is 5.91 Å². The quantitative estimate of drug-likeness (QED) is 0.704. The number of anilines is 2. The van der Waals surface area contributed by atoms with Gasteiger partial charge in [0.2, 0.25) is 5.88 Å². The highest BCUT2D eigenvalue weighted by Gasteiger charge is 2.21. The van der Waals surface area contributed by atoms with Gasteiger partial charge in [-0.2, -0.15) is 0 Å². The summed E-state index contributed by atoms with van der Waals surface area (Å²) in [6.45, 7) is 1.91. The Balaban J connectivity index is 2.01. The van der Waals surface area contributed by atoms with Crippen molar-refractivity contribution in [1.29, 1.82) is 0 Å². The molecule has 0 aliphatic heterocycles. The highest BCUT2D eigenvalue weighted by molar-refractivity contribution is 7.18. The van der Waals surface area contributed by atoms with Crippen LogP contribution in [0.15, 0.2) is 36.5 Å². The van der Waals surface area contributed by atoms with Gasteiger partial charge in [-0.25, -0.2) is 9.97 Å². The molecule has 0 aliphatic rings. The van der Waals surface area contributed by atoms with Gasteiger partial charge in [0.15, 0.2) is 5.13 Å². The number of ether oxygens (including phenoxy) is 1. The van der Waals surface area contributed by atoms with Crippen LogP contribution in [0.5, 0.6) is 5.88 Å². The minimum atomic E-state index is -0.548. The molecule has 25 heavy (non-hydrogen) atoms. The lowest BCUT2D eigenvalue weighted by Crippen LogP contribution is -2.10. The number of aryl methyl sites for hydroxylation is 1. The summed E-state index contributed by atoms with van der Waals surface area (Å²) < 4.78 is 5.03. The Labute approximate surface area is 153 Å². The molecule has 128 valence electrons. The van der Waals surface area contributed by atoms with Crippen molar-refractivity contribution < 1.29 is 9.53 Å². The fourth-order valence-electron chi connectivity index (χ4n) is 2.34. The second-order valence-corrected chi connectivity index (χ2v) is 6.61. The molecular weight excluding hydrogens is 360 g/mol. The molecule has 6 nitrogen and oxygen atoms in total. The van der Waals surface area contributed by atoms with Crippen molar-refractivity contribution in [1.82, 2.24) is 9.97 Å². The first-order valence-corrected chi connectivity index (χ1v) is 8.52. The molecule has 0 aliphatic carbocycles. The predicted octanol–water partition coefficient (Wildman–Crippen LogP) is 4.02. The fourth-order valence-corrected chi connectivity index (χ4v) is 3.50. The van der Waals surface area contributed by atoms with Crippen LogP contribution in [0.1, 0.15) is 15.2 Å². The van der Waals surface area contributed by atoms with Crippen molar-refractivity contribution in [3.8, 4) is 17.1 Å². The van der Waals surface area contributed by atoms with Crippen LogP contribution < -0.4 is 15.8 Å². The summed E-state index contributed by atoms with van der Waals surface area (Å²) in [6.07, 6.45) is 1.62. The lowest BCUT2D eigenvalue weighted by atomic mass is 10.0. The van der Waals surface area contributed by atoms with Crippen molar-refractivity contribution in [2.24, 2.45) is 5.73 Å². The van der Waals surface area contributed by atoms with E-state index >= 15 is 0 Å². The third-order valence-corrected chi connectivity index (χ3v) is 4.81. The van der Waals surface area contributed by atoms with Gasteiger partial charge in [-0.1, -0.05) is 35.1 Å². The minimum Gasteiger partial charge on any atom is -0.481 e. The second-order valence-electron chi connectivity index (χ2n) is 5.21. The fraction of sp³-hybridized carbons (Fsp3) is 0.118. The number of hydrogen-bond acceptors (Lipinski definition) is 6. The average molecular weight is 375 g/mol. The molecule has 0 bridgehead atoms. The molecule has 0 spiro atoms. The van der Waals surface area contributed by atoms with E-state index < -0.39 is 5.91 Å². The van der Waals surface area contributed by atoms with E-state index in [1.54, 1.807) is 31.5 Å².